The molecule has 154 valence electrons. The van der Waals surface area contributed by atoms with Gasteiger partial charge in [-0.25, -0.2) is 0 Å². The van der Waals surface area contributed by atoms with Crippen LogP contribution in [0.15, 0.2) is 60.7 Å². The number of hydrogen-bond acceptors (Lipinski definition) is 5. The molecule has 0 saturated carbocycles. The van der Waals surface area contributed by atoms with Crippen LogP contribution in [0.2, 0.25) is 0 Å². The van der Waals surface area contributed by atoms with Crippen molar-refractivity contribution in [2.45, 2.75) is 39.3 Å². The monoisotopic (exact) mass is 405 g/mol. The molecular weight excluding hydrogens is 373 g/mol. The predicted molar refractivity (Wildman–Crippen MR) is 114 cm³/mol. The first kappa shape index (κ1) is 22.8. The topological polar surface area (TPSA) is 56.8 Å². The molecule has 2 aromatic rings. The molecule has 0 amide bonds. The fourth-order valence-electron chi connectivity index (χ4n) is 3.22. The van der Waals surface area contributed by atoms with E-state index in [0.717, 1.165) is 11.1 Å². The van der Waals surface area contributed by atoms with E-state index in [2.05, 4.69) is 29.6 Å². The van der Waals surface area contributed by atoms with Gasteiger partial charge in [-0.05, 0) is 38.8 Å². The molecule has 0 aliphatic heterocycles. The maximum Gasteiger partial charge on any atom is 0.273 e. The Balaban J connectivity index is 2.33. The van der Waals surface area contributed by atoms with Crippen LogP contribution in [0, 0.1) is 0 Å². The maximum absolute atomic E-state index is 13.8. The Morgan fingerprint density at radius 3 is 1.71 bits per heavy atom. The van der Waals surface area contributed by atoms with E-state index in [1.165, 1.54) is 0 Å². The zero-order valence-corrected chi connectivity index (χ0v) is 18.2. The van der Waals surface area contributed by atoms with E-state index in [-0.39, 0.29) is 12.3 Å². The molecule has 5 nitrogen and oxygen atoms in total. The highest BCUT2D eigenvalue weighted by molar-refractivity contribution is 7.60. The molecule has 2 aromatic carbocycles. The Morgan fingerprint density at radius 2 is 1.32 bits per heavy atom. The number of rotatable bonds is 12. The van der Waals surface area contributed by atoms with Gasteiger partial charge in [-0.1, -0.05) is 60.7 Å². The minimum absolute atomic E-state index is 0.122. The maximum atomic E-state index is 13.8. The molecule has 0 bridgehead atoms. The van der Waals surface area contributed by atoms with Crippen molar-refractivity contribution in [1.82, 2.24) is 5.32 Å². The molecule has 0 aromatic heterocycles. The van der Waals surface area contributed by atoms with Crippen LogP contribution in [0.5, 0.6) is 0 Å². The van der Waals surface area contributed by atoms with Crippen molar-refractivity contribution in [2.24, 2.45) is 0 Å². The fourth-order valence-corrected chi connectivity index (χ4v) is 5.32. The molecule has 28 heavy (non-hydrogen) atoms. The normalized spacial score (nSPS) is 14.2. The van der Waals surface area contributed by atoms with Gasteiger partial charge < -0.3 is 14.0 Å². The first-order valence-electron chi connectivity index (χ1n) is 9.84. The Kier molecular flexibility index (Phi) is 8.87. The minimum Gasteiger partial charge on any atom is -0.342 e. The second-order valence-corrected chi connectivity index (χ2v) is 9.21. The van der Waals surface area contributed by atoms with Gasteiger partial charge in [-0.3, -0.25) is 9.88 Å². The van der Waals surface area contributed by atoms with Gasteiger partial charge in [0.2, 0.25) is 5.53 Å². The zero-order valence-electron chi connectivity index (χ0n) is 17.3. The summed E-state index contributed by atoms with van der Waals surface area (Å²) >= 11 is 0. The second-order valence-electron chi connectivity index (χ2n) is 6.47. The summed E-state index contributed by atoms with van der Waals surface area (Å²) in [7, 11) is -3.32. The highest BCUT2D eigenvalue weighted by atomic mass is 31.2. The summed E-state index contributed by atoms with van der Waals surface area (Å²) < 4.78 is 31.2. The lowest BCUT2D eigenvalue weighted by atomic mass is 9.99. The van der Waals surface area contributed by atoms with Crippen molar-refractivity contribution in [1.29, 1.82) is 0 Å². The van der Waals surface area contributed by atoms with E-state index in [4.69, 9.17) is 14.0 Å². The minimum atomic E-state index is -3.32. The van der Waals surface area contributed by atoms with Gasteiger partial charge in [0.15, 0.2) is 0 Å². The SMILES string of the molecule is CCOC(C)(OCC)P(=O)(CNC(c1ccccc1)c1ccccc1)OCC. The van der Waals surface area contributed by atoms with E-state index in [0.29, 0.717) is 19.8 Å². The van der Waals surface area contributed by atoms with E-state index in [9.17, 15) is 4.57 Å². The molecular formula is C22H32NO4P. The molecule has 1 unspecified atom stereocenters. The Labute approximate surface area is 168 Å². The summed E-state index contributed by atoms with van der Waals surface area (Å²) in [5, 5.41) is 3.45. The van der Waals surface area contributed by atoms with Gasteiger partial charge in [0.25, 0.3) is 7.37 Å². The van der Waals surface area contributed by atoms with Crippen molar-refractivity contribution >= 4 is 7.37 Å². The number of benzene rings is 2. The van der Waals surface area contributed by atoms with Crippen LogP contribution in [0.1, 0.15) is 44.9 Å². The highest BCUT2D eigenvalue weighted by Crippen LogP contribution is 2.59. The summed E-state index contributed by atoms with van der Waals surface area (Å²) in [4.78, 5) is 0. The van der Waals surface area contributed by atoms with Crippen molar-refractivity contribution in [2.75, 3.05) is 26.1 Å². The first-order valence-corrected chi connectivity index (χ1v) is 11.7. The molecule has 1 atom stereocenters. The summed E-state index contributed by atoms with van der Waals surface area (Å²) in [6.07, 6.45) is 0.131. The van der Waals surface area contributed by atoms with E-state index in [1.807, 2.05) is 57.2 Å². The molecule has 0 aliphatic carbocycles. The predicted octanol–water partition coefficient (Wildman–Crippen LogP) is 5.38. The van der Waals surface area contributed by atoms with Crippen LogP contribution in [0.25, 0.3) is 0 Å². The van der Waals surface area contributed by atoms with Crippen LogP contribution < -0.4 is 5.32 Å². The average molecular weight is 405 g/mol. The zero-order chi connectivity index (χ0) is 20.5. The smallest absolute Gasteiger partial charge is 0.273 e. The molecule has 6 heteroatoms. The van der Waals surface area contributed by atoms with Crippen LogP contribution in [-0.2, 0) is 18.6 Å². The summed E-state index contributed by atoms with van der Waals surface area (Å²) in [5.74, 6) is 0. The third-order valence-corrected chi connectivity index (χ3v) is 7.32. The molecule has 0 fully saturated rings. The van der Waals surface area contributed by atoms with Crippen molar-refractivity contribution in [3.05, 3.63) is 71.8 Å². The Bertz CT molecular complexity index is 693. The van der Waals surface area contributed by atoms with Crippen molar-refractivity contribution in [3.63, 3.8) is 0 Å². The number of ether oxygens (including phenoxy) is 2. The van der Waals surface area contributed by atoms with Gasteiger partial charge in [0.1, 0.15) is 0 Å². The third-order valence-electron chi connectivity index (χ3n) is 4.55. The number of nitrogens with one attached hydrogen (secondary N) is 1. The van der Waals surface area contributed by atoms with Crippen LogP contribution in [0.3, 0.4) is 0 Å². The highest BCUT2D eigenvalue weighted by Gasteiger charge is 2.48. The van der Waals surface area contributed by atoms with Gasteiger partial charge in [-0.15, -0.1) is 0 Å². The lowest BCUT2D eigenvalue weighted by molar-refractivity contribution is -0.168. The van der Waals surface area contributed by atoms with E-state index < -0.39 is 12.9 Å². The lowest BCUT2D eigenvalue weighted by Gasteiger charge is -2.37. The third kappa shape index (κ3) is 5.53. The molecule has 0 aliphatic rings. The molecule has 0 heterocycles. The second kappa shape index (κ2) is 10.9. The quantitative estimate of drug-likeness (QED) is 0.379. The Hall–Kier alpha value is -1.49. The molecule has 0 spiro atoms. The standard InChI is InChI=1S/C22H32NO4P/c1-5-25-22(4,26-6-2)28(24,27-7-3)18-23-21(19-14-10-8-11-15-19)20-16-12-9-13-17-20/h8-17,21,23H,5-7,18H2,1-4H3. The van der Waals surface area contributed by atoms with Gasteiger partial charge in [0, 0.05) is 13.2 Å². The largest absolute Gasteiger partial charge is 0.342 e. The molecule has 0 saturated heterocycles. The van der Waals surface area contributed by atoms with Crippen LogP contribution in [0.4, 0.5) is 0 Å². The van der Waals surface area contributed by atoms with E-state index >= 15 is 0 Å². The molecule has 0 radical (unpaired) electrons. The molecule has 2 rings (SSSR count). The lowest BCUT2D eigenvalue weighted by Crippen LogP contribution is -2.38. The van der Waals surface area contributed by atoms with Gasteiger partial charge in [0.05, 0.1) is 18.9 Å². The fraction of sp³-hybridized carbons (Fsp3) is 0.455. The average Bonchev–Trinajstić information content (AvgIpc) is 2.70. The number of hydrogen-bond donors (Lipinski definition) is 1. The van der Waals surface area contributed by atoms with Gasteiger partial charge in [-0.2, -0.15) is 0 Å². The summed E-state index contributed by atoms with van der Waals surface area (Å²) in [5.41, 5.74) is 0.884. The Morgan fingerprint density at radius 1 is 0.857 bits per heavy atom. The van der Waals surface area contributed by atoms with Crippen molar-refractivity contribution in [3.8, 4) is 0 Å². The van der Waals surface area contributed by atoms with Crippen molar-refractivity contribution < 1.29 is 18.6 Å². The summed E-state index contributed by atoms with van der Waals surface area (Å²) in [6, 6.07) is 20.1. The van der Waals surface area contributed by atoms with Crippen LogP contribution >= 0.6 is 7.37 Å². The van der Waals surface area contributed by atoms with Gasteiger partial charge >= 0.3 is 0 Å². The first-order chi connectivity index (χ1) is 13.5. The molecule has 1 N–H and O–H groups in total. The van der Waals surface area contributed by atoms with E-state index in [1.54, 1.807) is 6.92 Å². The van der Waals surface area contributed by atoms with Crippen LogP contribution in [-0.4, -0.2) is 31.6 Å². The summed E-state index contributed by atoms with van der Waals surface area (Å²) in [6.45, 7) is 8.34.